The fourth-order valence-corrected chi connectivity index (χ4v) is 2.30. The fourth-order valence-electron chi connectivity index (χ4n) is 2.30. The number of nitrogens with zero attached hydrogens (tertiary/aromatic N) is 1. The van der Waals surface area contributed by atoms with Crippen LogP contribution in [0.3, 0.4) is 0 Å². The van der Waals surface area contributed by atoms with Crippen molar-refractivity contribution in [3.8, 4) is 23.0 Å². The fraction of sp³-hybridized carbons (Fsp3) is 0.300. The lowest BCUT2D eigenvalue weighted by Gasteiger charge is -2.11. The zero-order valence-electron chi connectivity index (χ0n) is 15.9. The summed E-state index contributed by atoms with van der Waals surface area (Å²) in [5.74, 6) is 1.95. The van der Waals surface area contributed by atoms with Crippen LogP contribution >= 0.6 is 0 Å². The van der Waals surface area contributed by atoms with E-state index in [0.29, 0.717) is 35.2 Å². The van der Waals surface area contributed by atoms with Crippen LogP contribution in [0.1, 0.15) is 29.3 Å². The standard InChI is InChI=1S/C20H24N2O5/c1-5-10-27-17-9-7-15(12-19(17)26-4)20(23)22-21-13-14-6-8-16(24-2)18(11-14)25-3/h6-9,11-13H,5,10H2,1-4H3,(H,22,23). The van der Waals surface area contributed by atoms with Crippen molar-refractivity contribution in [3.63, 3.8) is 0 Å². The number of hydrogen-bond acceptors (Lipinski definition) is 6. The van der Waals surface area contributed by atoms with Gasteiger partial charge in [0.2, 0.25) is 0 Å². The number of hydrogen-bond donors (Lipinski definition) is 1. The monoisotopic (exact) mass is 372 g/mol. The van der Waals surface area contributed by atoms with E-state index in [9.17, 15) is 4.79 Å². The third-order valence-electron chi connectivity index (χ3n) is 3.67. The second kappa shape index (κ2) is 10.1. The second-order valence-corrected chi connectivity index (χ2v) is 5.53. The SMILES string of the molecule is CCCOc1ccc(C(=O)NN=Cc2ccc(OC)c(OC)c2)cc1OC. The van der Waals surface area contributed by atoms with Crippen molar-refractivity contribution in [2.24, 2.45) is 5.10 Å². The summed E-state index contributed by atoms with van der Waals surface area (Å²) in [7, 11) is 4.66. The van der Waals surface area contributed by atoms with Crippen LogP contribution in [0.2, 0.25) is 0 Å². The molecule has 0 aliphatic heterocycles. The molecule has 0 unspecified atom stereocenters. The van der Waals surface area contributed by atoms with Crippen molar-refractivity contribution >= 4 is 12.1 Å². The summed E-state index contributed by atoms with van der Waals surface area (Å²) >= 11 is 0. The molecule has 0 fully saturated rings. The van der Waals surface area contributed by atoms with Gasteiger partial charge in [0, 0.05) is 5.56 Å². The molecule has 7 nitrogen and oxygen atoms in total. The highest BCUT2D eigenvalue weighted by Gasteiger charge is 2.11. The van der Waals surface area contributed by atoms with Gasteiger partial charge in [0.05, 0.1) is 34.2 Å². The first-order valence-corrected chi connectivity index (χ1v) is 8.49. The second-order valence-electron chi connectivity index (χ2n) is 5.53. The summed E-state index contributed by atoms with van der Waals surface area (Å²) in [5, 5.41) is 3.98. The van der Waals surface area contributed by atoms with E-state index in [1.807, 2.05) is 6.92 Å². The molecule has 2 aromatic rings. The molecule has 0 aliphatic rings. The Kier molecular flexibility index (Phi) is 7.49. The molecule has 0 spiro atoms. The summed E-state index contributed by atoms with van der Waals surface area (Å²) in [6, 6.07) is 10.3. The van der Waals surface area contributed by atoms with Gasteiger partial charge < -0.3 is 18.9 Å². The summed E-state index contributed by atoms with van der Waals surface area (Å²) in [5.41, 5.74) is 3.66. The summed E-state index contributed by atoms with van der Waals surface area (Å²) < 4.78 is 21.3. The third-order valence-corrected chi connectivity index (χ3v) is 3.67. The Morgan fingerprint density at radius 1 is 0.963 bits per heavy atom. The molecule has 144 valence electrons. The Hall–Kier alpha value is -3.22. The topological polar surface area (TPSA) is 78.4 Å². The molecular weight excluding hydrogens is 348 g/mol. The molecule has 0 saturated heterocycles. The maximum Gasteiger partial charge on any atom is 0.271 e. The first kappa shape index (κ1) is 20.1. The number of hydrazone groups is 1. The highest BCUT2D eigenvalue weighted by atomic mass is 16.5. The zero-order chi connectivity index (χ0) is 19.6. The quantitative estimate of drug-likeness (QED) is 0.540. The highest BCUT2D eigenvalue weighted by Crippen LogP contribution is 2.28. The minimum atomic E-state index is -0.355. The van der Waals surface area contributed by atoms with Crippen LogP contribution in [0.25, 0.3) is 0 Å². The van der Waals surface area contributed by atoms with E-state index < -0.39 is 0 Å². The maximum absolute atomic E-state index is 12.3. The lowest BCUT2D eigenvalue weighted by atomic mass is 10.2. The van der Waals surface area contributed by atoms with E-state index in [0.717, 1.165) is 12.0 Å². The van der Waals surface area contributed by atoms with Crippen LogP contribution in [0.5, 0.6) is 23.0 Å². The van der Waals surface area contributed by atoms with Crippen molar-refractivity contribution in [1.82, 2.24) is 5.43 Å². The van der Waals surface area contributed by atoms with Gasteiger partial charge in [-0.25, -0.2) is 5.43 Å². The van der Waals surface area contributed by atoms with E-state index in [1.165, 1.54) is 13.3 Å². The van der Waals surface area contributed by atoms with E-state index >= 15 is 0 Å². The van der Waals surface area contributed by atoms with Gasteiger partial charge in [-0.05, 0) is 48.4 Å². The van der Waals surface area contributed by atoms with E-state index in [2.05, 4.69) is 10.5 Å². The van der Waals surface area contributed by atoms with Gasteiger partial charge in [-0.2, -0.15) is 5.10 Å². The number of carbonyl (C=O) groups is 1. The van der Waals surface area contributed by atoms with Gasteiger partial charge in [-0.1, -0.05) is 6.92 Å². The molecule has 7 heteroatoms. The van der Waals surface area contributed by atoms with Gasteiger partial charge in [0.1, 0.15) is 0 Å². The van der Waals surface area contributed by atoms with Crippen molar-refractivity contribution in [2.45, 2.75) is 13.3 Å². The predicted octanol–water partition coefficient (Wildman–Crippen LogP) is 3.27. The molecule has 2 aromatic carbocycles. The number of methoxy groups -OCH3 is 3. The normalized spacial score (nSPS) is 10.5. The molecule has 0 radical (unpaired) electrons. The molecule has 1 N–H and O–H groups in total. The van der Waals surface area contributed by atoms with Crippen molar-refractivity contribution in [1.29, 1.82) is 0 Å². The van der Waals surface area contributed by atoms with E-state index in [4.69, 9.17) is 18.9 Å². The van der Waals surface area contributed by atoms with Crippen molar-refractivity contribution < 1.29 is 23.7 Å². The Bertz CT molecular complexity index is 805. The maximum atomic E-state index is 12.3. The molecule has 0 bridgehead atoms. The molecule has 0 heterocycles. The molecular formula is C20H24N2O5. The Morgan fingerprint density at radius 3 is 2.30 bits per heavy atom. The Balaban J connectivity index is 2.05. The molecule has 2 rings (SSSR count). The van der Waals surface area contributed by atoms with Gasteiger partial charge in [0.25, 0.3) is 5.91 Å². The van der Waals surface area contributed by atoms with Gasteiger partial charge in [-0.3, -0.25) is 4.79 Å². The average molecular weight is 372 g/mol. The zero-order valence-corrected chi connectivity index (χ0v) is 15.9. The highest BCUT2D eigenvalue weighted by molar-refractivity contribution is 5.95. The Morgan fingerprint density at radius 2 is 1.63 bits per heavy atom. The van der Waals surface area contributed by atoms with Gasteiger partial charge in [-0.15, -0.1) is 0 Å². The molecule has 27 heavy (non-hydrogen) atoms. The minimum Gasteiger partial charge on any atom is -0.493 e. The number of benzene rings is 2. The van der Waals surface area contributed by atoms with Crippen LogP contribution in [0, 0.1) is 0 Å². The minimum absolute atomic E-state index is 0.355. The first-order chi connectivity index (χ1) is 13.1. The molecule has 0 saturated carbocycles. The summed E-state index contributed by atoms with van der Waals surface area (Å²) in [6.07, 6.45) is 2.41. The van der Waals surface area contributed by atoms with Crippen LogP contribution in [-0.2, 0) is 0 Å². The van der Waals surface area contributed by atoms with Crippen LogP contribution < -0.4 is 24.4 Å². The Labute approximate surface area is 158 Å². The molecule has 0 aromatic heterocycles. The van der Waals surface area contributed by atoms with Crippen LogP contribution in [0.15, 0.2) is 41.5 Å². The third kappa shape index (κ3) is 5.37. The number of amides is 1. The predicted molar refractivity (Wildman–Crippen MR) is 103 cm³/mol. The molecule has 1 amide bonds. The van der Waals surface area contributed by atoms with Gasteiger partial charge in [0.15, 0.2) is 23.0 Å². The van der Waals surface area contributed by atoms with E-state index in [-0.39, 0.29) is 5.91 Å². The summed E-state index contributed by atoms with van der Waals surface area (Å²) in [6.45, 7) is 2.60. The largest absolute Gasteiger partial charge is 0.493 e. The number of ether oxygens (including phenoxy) is 4. The van der Waals surface area contributed by atoms with Crippen LogP contribution in [0.4, 0.5) is 0 Å². The number of nitrogens with one attached hydrogen (secondary N) is 1. The van der Waals surface area contributed by atoms with E-state index in [1.54, 1.807) is 50.6 Å². The van der Waals surface area contributed by atoms with Crippen molar-refractivity contribution in [2.75, 3.05) is 27.9 Å². The number of carbonyl (C=O) groups excluding carboxylic acids is 1. The van der Waals surface area contributed by atoms with Crippen LogP contribution in [-0.4, -0.2) is 40.1 Å². The molecule has 0 atom stereocenters. The average Bonchev–Trinajstić information content (AvgIpc) is 2.71. The summed E-state index contributed by atoms with van der Waals surface area (Å²) in [4.78, 5) is 12.3. The number of rotatable bonds is 9. The lowest BCUT2D eigenvalue weighted by Crippen LogP contribution is -2.17. The lowest BCUT2D eigenvalue weighted by molar-refractivity contribution is 0.0954. The molecule has 0 aliphatic carbocycles. The van der Waals surface area contributed by atoms with Gasteiger partial charge >= 0.3 is 0 Å². The first-order valence-electron chi connectivity index (χ1n) is 8.49. The smallest absolute Gasteiger partial charge is 0.271 e. The van der Waals surface area contributed by atoms with Crippen molar-refractivity contribution in [3.05, 3.63) is 47.5 Å².